The lowest BCUT2D eigenvalue weighted by molar-refractivity contribution is -0.115. The van der Waals surface area contributed by atoms with E-state index in [0.717, 1.165) is 26.5 Å². The number of benzene rings is 3. The molecular weight excluding hydrogens is 406 g/mol. The summed E-state index contributed by atoms with van der Waals surface area (Å²) in [7, 11) is 0. The first-order valence-electron chi connectivity index (χ1n) is 8.73. The van der Waals surface area contributed by atoms with Crippen LogP contribution in [0.1, 0.15) is 6.92 Å². The number of thioether (sulfide) groups is 1. The summed E-state index contributed by atoms with van der Waals surface area (Å²) < 4.78 is 3.17. The summed E-state index contributed by atoms with van der Waals surface area (Å²) in [5.41, 5.74) is 1.74. The normalized spacial score (nSPS) is 12.0. The van der Waals surface area contributed by atoms with E-state index in [-0.39, 0.29) is 11.2 Å². The molecule has 4 nitrogen and oxygen atoms in total. The van der Waals surface area contributed by atoms with Crippen LogP contribution in [0, 0.1) is 3.95 Å². The minimum absolute atomic E-state index is 0.0614. The van der Waals surface area contributed by atoms with Gasteiger partial charge in [0.1, 0.15) is 0 Å². The van der Waals surface area contributed by atoms with Gasteiger partial charge in [-0.1, -0.05) is 77.7 Å². The number of carbonyl (C=O) groups excluding carboxylic acids is 1. The number of anilines is 1. The highest BCUT2D eigenvalue weighted by Crippen LogP contribution is 2.29. The van der Waals surface area contributed by atoms with E-state index in [4.69, 9.17) is 12.2 Å². The van der Waals surface area contributed by atoms with Gasteiger partial charge in [0.25, 0.3) is 0 Å². The molecule has 0 bridgehead atoms. The molecule has 1 amide bonds. The van der Waals surface area contributed by atoms with E-state index in [9.17, 15) is 4.79 Å². The predicted octanol–water partition coefficient (Wildman–Crippen LogP) is 5.94. The average molecular weight is 424 g/mol. The van der Waals surface area contributed by atoms with E-state index >= 15 is 0 Å². The summed E-state index contributed by atoms with van der Waals surface area (Å²) in [4.78, 5) is 12.7. The van der Waals surface area contributed by atoms with Crippen molar-refractivity contribution < 1.29 is 4.79 Å². The molecule has 0 aliphatic carbocycles. The third kappa shape index (κ3) is 4.01. The van der Waals surface area contributed by atoms with Crippen LogP contribution in [0.25, 0.3) is 16.5 Å². The summed E-state index contributed by atoms with van der Waals surface area (Å²) in [6, 6.07) is 23.7. The minimum Gasteiger partial charge on any atom is -0.325 e. The van der Waals surface area contributed by atoms with E-state index in [1.54, 1.807) is 4.68 Å². The predicted molar refractivity (Wildman–Crippen MR) is 120 cm³/mol. The highest BCUT2D eigenvalue weighted by Gasteiger charge is 2.18. The molecule has 140 valence electrons. The Hall–Kier alpha value is -2.48. The van der Waals surface area contributed by atoms with Crippen LogP contribution in [-0.4, -0.2) is 20.9 Å². The summed E-state index contributed by atoms with van der Waals surface area (Å²) in [5.74, 6) is -0.0614. The molecule has 0 spiro atoms. The van der Waals surface area contributed by atoms with Crippen LogP contribution in [0.3, 0.4) is 0 Å². The van der Waals surface area contributed by atoms with Gasteiger partial charge in [-0.25, -0.2) is 4.68 Å². The third-order valence-corrected chi connectivity index (χ3v) is 6.64. The number of nitrogens with one attached hydrogen (secondary N) is 1. The van der Waals surface area contributed by atoms with Crippen molar-refractivity contribution in [1.82, 2.24) is 9.78 Å². The molecule has 0 unspecified atom stereocenters. The van der Waals surface area contributed by atoms with Gasteiger partial charge >= 0.3 is 0 Å². The van der Waals surface area contributed by atoms with Gasteiger partial charge in [-0.05, 0) is 42.7 Å². The number of carbonyl (C=O) groups is 1. The fraction of sp³-hybridized carbons (Fsp3) is 0.0952. The zero-order valence-corrected chi connectivity index (χ0v) is 17.5. The molecule has 0 radical (unpaired) electrons. The number of rotatable bonds is 5. The van der Waals surface area contributed by atoms with Crippen molar-refractivity contribution in [2.45, 2.75) is 16.5 Å². The van der Waals surface area contributed by atoms with Crippen LogP contribution in [0.4, 0.5) is 5.69 Å². The maximum atomic E-state index is 12.7. The molecule has 1 aromatic heterocycles. The largest absolute Gasteiger partial charge is 0.325 e. The molecule has 1 atom stereocenters. The Bertz CT molecular complexity index is 1180. The van der Waals surface area contributed by atoms with Gasteiger partial charge < -0.3 is 5.32 Å². The molecule has 0 fully saturated rings. The molecule has 0 saturated heterocycles. The zero-order chi connectivity index (χ0) is 19.5. The van der Waals surface area contributed by atoms with Crippen LogP contribution >= 0.6 is 35.3 Å². The van der Waals surface area contributed by atoms with Crippen LogP contribution in [-0.2, 0) is 4.79 Å². The first kappa shape index (κ1) is 18.9. The fourth-order valence-electron chi connectivity index (χ4n) is 2.81. The average Bonchev–Trinajstić information content (AvgIpc) is 3.09. The molecule has 4 aromatic rings. The Kier molecular flexibility index (Phi) is 5.57. The molecule has 7 heteroatoms. The third-order valence-electron chi connectivity index (χ3n) is 4.22. The van der Waals surface area contributed by atoms with Gasteiger partial charge in [0, 0.05) is 11.1 Å². The van der Waals surface area contributed by atoms with Gasteiger partial charge in [0.15, 0.2) is 8.29 Å². The van der Waals surface area contributed by atoms with Gasteiger partial charge in [0.2, 0.25) is 5.91 Å². The van der Waals surface area contributed by atoms with E-state index in [1.807, 2.05) is 79.7 Å². The molecule has 0 aliphatic heterocycles. The van der Waals surface area contributed by atoms with Crippen molar-refractivity contribution in [3.8, 4) is 5.69 Å². The number of para-hydroxylation sites is 1. The van der Waals surface area contributed by atoms with Gasteiger partial charge in [-0.15, -0.1) is 5.10 Å². The molecule has 3 aromatic carbocycles. The van der Waals surface area contributed by atoms with Crippen molar-refractivity contribution in [3.63, 3.8) is 0 Å². The highest BCUT2D eigenvalue weighted by atomic mass is 32.2. The first-order chi connectivity index (χ1) is 13.6. The Balaban J connectivity index is 1.50. The Morgan fingerprint density at radius 1 is 1.07 bits per heavy atom. The molecule has 28 heavy (non-hydrogen) atoms. The Morgan fingerprint density at radius 2 is 1.79 bits per heavy atom. The van der Waals surface area contributed by atoms with E-state index in [0.29, 0.717) is 3.95 Å². The molecule has 4 rings (SSSR count). The SMILES string of the molecule is C[C@@H](Sc1nn(-c2ccccc2)c(=S)s1)C(=O)Nc1cccc2ccccc12. The molecule has 0 saturated carbocycles. The van der Waals surface area contributed by atoms with Crippen molar-refractivity contribution in [1.29, 1.82) is 0 Å². The zero-order valence-electron chi connectivity index (χ0n) is 15.0. The highest BCUT2D eigenvalue weighted by molar-refractivity contribution is 8.02. The molecular formula is C21H17N3OS3. The van der Waals surface area contributed by atoms with Gasteiger partial charge in [0.05, 0.1) is 10.9 Å². The van der Waals surface area contributed by atoms with Crippen molar-refractivity contribution in [3.05, 3.63) is 76.8 Å². The second kappa shape index (κ2) is 8.26. The molecule has 1 heterocycles. The summed E-state index contributed by atoms with van der Waals surface area (Å²) >= 11 is 8.26. The van der Waals surface area contributed by atoms with E-state index in [2.05, 4.69) is 10.4 Å². The number of nitrogens with zero attached hydrogens (tertiary/aromatic N) is 2. The first-order valence-corrected chi connectivity index (χ1v) is 10.8. The van der Waals surface area contributed by atoms with Crippen LogP contribution in [0.15, 0.2) is 77.1 Å². The van der Waals surface area contributed by atoms with E-state index < -0.39 is 0 Å². The maximum absolute atomic E-state index is 12.7. The lowest BCUT2D eigenvalue weighted by atomic mass is 10.1. The van der Waals surface area contributed by atoms with Crippen molar-refractivity contribution >= 4 is 57.7 Å². The van der Waals surface area contributed by atoms with Crippen LogP contribution in [0.2, 0.25) is 0 Å². The quantitative estimate of drug-likeness (QED) is 0.319. The smallest absolute Gasteiger partial charge is 0.237 e. The Labute approximate surface area is 176 Å². The number of hydrogen-bond donors (Lipinski definition) is 1. The molecule has 0 aliphatic rings. The number of fused-ring (bicyclic) bond motifs is 1. The van der Waals surface area contributed by atoms with Gasteiger partial charge in [-0.2, -0.15) is 0 Å². The summed E-state index contributed by atoms with van der Waals surface area (Å²) in [6.45, 7) is 1.88. The summed E-state index contributed by atoms with van der Waals surface area (Å²) in [6.07, 6.45) is 0. The number of aromatic nitrogens is 2. The topological polar surface area (TPSA) is 46.9 Å². The Morgan fingerprint density at radius 3 is 2.61 bits per heavy atom. The fourth-order valence-corrected chi connectivity index (χ4v) is 5.32. The van der Waals surface area contributed by atoms with Gasteiger partial charge in [-0.3, -0.25) is 4.79 Å². The number of amides is 1. The second-order valence-electron chi connectivity index (χ2n) is 6.16. The second-order valence-corrected chi connectivity index (χ2v) is 9.37. The van der Waals surface area contributed by atoms with Crippen LogP contribution in [0.5, 0.6) is 0 Å². The summed E-state index contributed by atoms with van der Waals surface area (Å²) in [5, 5.41) is 9.44. The van der Waals surface area contributed by atoms with Crippen molar-refractivity contribution in [2.75, 3.05) is 5.32 Å². The minimum atomic E-state index is -0.302. The lowest BCUT2D eigenvalue weighted by Crippen LogP contribution is -2.22. The number of hydrogen-bond acceptors (Lipinski definition) is 5. The maximum Gasteiger partial charge on any atom is 0.237 e. The lowest BCUT2D eigenvalue weighted by Gasteiger charge is -2.12. The van der Waals surface area contributed by atoms with Crippen molar-refractivity contribution in [2.24, 2.45) is 0 Å². The van der Waals surface area contributed by atoms with E-state index in [1.165, 1.54) is 23.1 Å². The van der Waals surface area contributed by atoms with Crippen LogP contribution < -0.4 is 5.32 Å². The standard InChI is InChI=1S/C21H17N3OS3/c1-14(19(25)22-18-13-7-9-15-8-5-6-12-17(15)18)27-20-23-24(21(26)28-20)16-10-3-2-4-11-16/h2-14H,1H3,(H,22,25)/t14-/m1/s1. The monoisotopic (exact) mass is 423 g/mol. The molecule has 1 N–H and O–H groups in total.